The molecule has 2 rings (SSSR count). The fourth-order valence-electron chi connectivity index (χ4n) is 1.81. The van der Waals surface area contributed by atoms with Crippen molar-refractivity contribution in [2.75, 3.05) is 0 Å². The van der Waals surface area contributed by atoms with Crippen LogP contribution in [0.25, 0.3) is 0 Å². The average molecular weight is 254 g/mol. The number of benzene rings is 2. The second-order valence-corrected chi connectivity index (χ2v) is 4.51. The van der Waals surface area contributed by atoms with Crippen molar-refractivity contribution in [2.24, 2.45) is 0 Å². The summed E-state index contributed by atoms with van der Waals surface area (Å²) in [6, 6.07) is 14.7. The van der Waals surface area contributed by atoms with Gasteiger partial charge in [-0.05, 0) is 24.6 Å². The summed E-state index contributed by atoms with van der Waals surface area (Å²) in [6.07, 6.45) is 0. The first-order valence-electron chi connectivity index (χ1n) is 6.14. The molecular weight excluding hydrogens is 239 g/mol. The zero-order chi connectivity index (χ0) is 13.7. The van der Waals surface area contributed by atoms with Crippen LogP contribution in [-0.4, -0.2) is 0 Å². The Bertz CT molecular complexity index is 597. The van der Waals surface area contributed by atoms with E-state index in [-0.39, 0.29) is 5.82 Å². The van der Waals surface area contributed by atoms with E-state index in [2.05, 4.69) is 29.6 Å². The highest BCUT2D eigenvalue weighted by atomic mass is 19.1. The third-order valence-corrected chi connectivity index (χ3v) is 2.95. The number of nitriles is 1. The number of hydrogen-bond donors (Lipinski definition) is 1. The van der Waals surface area contributed by atoms with E-state index in [1.54, 1.807) is 12.1 Å². The summed E-state index contributed by atoms with van der Waals surface area (Å²) in [7, 11) is 0. The third-order valence-electron chi connectivity index (χ3n) is 2.95. The molecule has 1 N–H and O–H groups in total. The van der Waals surface area contributed by atoms with Gasteiger partial charge in [0.15, 0.2) is 0 Å². The summed E-state index contributed by atoms with van der Waals surface area (Å²) >= 11 is 0. The van der Waals surface area contributed by atoms with Crippen LogP contribution in [0.15, 0.2) is 42.5 Å². The van der Waals surface area contributed by atoms with Gasteiger partial charge >= 0.3 is 0 Å². The quantitative estimate of drug-likeness (QED) is 0.908. The zero-order valence-corrected chi connectivity index (χ0v) is 10.8. The molecular formula is C16H15FN2. The minimum atomic E-state index is -0.338. The van der Waals surface area contributed by atoms with E-state index < -0.39 is 0 Å². The predicted octanol–water partition coefficient (Wildman–Crippen LogP) is 3.30. The van der Waals surface area contributed by atoms with Crippen molar-refractivity contribution in [3.63, 3.8) is 0 Å². The molecule has 0 aliphatic heterocycles. The van der Waals surface area contributed by atoms with Gasteiger partial charge in [-0.25, -0.2) is 4.39 Å². The van der Waals surface area contributed by atoms with Crippen LogP contribution in [0.4, 0.5) is 4.39 Å². The van der Waals surface area contributed by atoms with E-state index in [9.17, 15) is 4.39 Å². The van der Waals surface area contributed by atoms with Crippen molar-refractivity contribution >= 4 is 0 Å². The SMILES string of the molecule is Cc1ccc(CNCc2ccc(C#N)cc2F)cc1. The van der Waals surface area contributed by atoms with E-state index >= 15 is 0 Å². The molecule has 0 radical (unpaired) electrons. The van der Waals surface area contributed by atoms with Gasteiger partial charge in [-0.3, -0.25) is 0 Å². The summed E-state index contributed by atoms with van der Waals surface area (Å²) < 4.78 is 13.6. The lowest BCUT2D eigenvalue weighted by Crippen LogP contribution is -2.13. The maximum Gasteiger partial charge on any atom is 0.129 e. The van der Waals surface area contributed by atoms with Crippen LogP contribution in [0, 0.1) is 24.1 Å². The number of rotatable bonds is 4. The smallest absolute Gasteiger partial charge is 0.129 e. The molecule has 2 aromatic rings. The topological polar surface area (TPSA) is 35.8 Å². The average Bonchev–Trinajstić information content (AvgIpc) is 2.42. The summed E-state index contributed by atoms with van der Waals surface area (Å²) in [5, 5.41) is 11.9. The lowest BCUT2D eigenvalue weighted by molar-refractivity contribution is 0.587. The molecule has 0 amide bonds. The first kappa shape index (κ1) is 13.3. The van der Waals surface area contributed by atoms with Gasteiger partial charge in [-0.15, -0.1) is 0 Å². The molecule has 0 aromatic heterocycles. The highest BCUT2D eigenvalue weighted by Gasteiger charge is 2.03. The standard InChI is InChI=1S/C16H15FN2/c1-12-2-4-13(5-3-12)10-19-11-15-7-6-14(9-18)8-16(15)17/h2-8,19H,10-11H2,1H3. The molecule has 0 fully saturated rings. The van der Waals surface area contributed by atoms with E-state index in [1.807, 2.05) is 13.0 Å². The van der Waals surface area contributed by atoms with E-state index in [1.165, 1.54) is 17.2 Å². The van der Waals surface area contributed by atoms with Gasteiger partial charge in [0.25, 0.3) is 0 Å². The van der Waals surface area contributed by atoms with E-state index in [0.29, 0.717) is 24.2 Å². The van der Waals surface area contributed by atoms with Gasteiger partial charge in [-0.2, -0.15) is 5.26 Å². The Kier molecular flexibility index (Phi) is 4.27. The number of hydrogen-bond acceptors (Lipinski definition) is 2. The van der Waals surface area contributed by atoms with E-state index in [0.717, 1.165) is 0 Å². The molecule has 0 aliphatic carbocycles. The molecule has 19 heavy (non-hydrogen) atoms. The molecule has 0 atom stereocenters. The molecule has 96 valence electrons. The second-order valence-electron chi connectivity index (χ2n) is 4.51. The summed E-state index contributed by atoms with van der Waals surface area (Å²) in [5.74, 6) is -0.338. The highest BCUT2D eigenvalue weighted by Crippen LogP contribution is 2.10. The van der Waals surface area contributed by atoms with Gasteiger partial charge in [0.2, 0.25) is 0 Å². The Morgan fingerprint density at radius 2 is 1.84 bits per heavy atom. The van der Waals surface area contributed by atoms with E-state index in [4.69, 9.17) is 5.26 Å². The summed E-state index contributed by atoms with van der Waals surface area (Å²) in [6.45, 7) is 3.19. The summed E-state index contributed by atoms with van der Waals surface area (Å²) in [4.78, 5) is 0. The first-order valence-corrected chi connectivity index (χ1v) is 6.14. The predicted molar refractivity (Wildman–Crippen MR) is 72.8 cm³/mol. The van der Waals surface area contributed by atoms with Crippen LogP contribution in [0.5, 0.6) is 0 Å². The minimum Gasteiger partial charge on any atom is -0.309 e. The zero-order valence-electron chi connectivity index (χ0n) is 10.8. The monoisotopic (exact) mass is 254 g/mol. The third kappa shape index (κ3) is 3.64. The van der Waals surface area contributed by atoms with Crippen LogP contribution in [0.2, 0.25) is 0 Å². The van der Waals surface area contributed by atoms with Gasteiger partial charge in [0, 0.05) is 18.7 Å². The van der Waals surface area contributed by atoms with Crippen molar-refractivity contribution < 1.29 is 4.39 Å². The molecule has 2 aromatic carbocycles. The number of nitrogens with one attached hydrogen (secondary N) is 1. The maximum atomic E-state index is 13.6. The lowest BCUT2D eigenvalue weighted by atomic mass is 10.1. The van der Waals surface area contributed by atoms with Crippen molar-refractivity contribution in [1.29, 1.82) is 5.26 Å². The van der Waals surface area contributed by atoms with Gasteiger partial charge in [0.1, 0.15) is 5.82 Å². The fourth-order valence-corrected chi connectivity index (χ4v) is 1.81. The van der Waals surface area contributed by atoms with Crippen LogP contribution in [-0.2, 0) is 13.1 Å². The summed E-state index contributed by atoms with van der Waals surface area (Å²) in [5.41, 5.74) is 3.31. The Morgan fingerprint density at radius 3 is 2.47 bits per heavy atom. The van der Waals surface area contributed by atoms with Gasteiger partial charge < -0.3 is 5.32 Å². The van der Waals surface area contributed by atoms with Crippen LogP contribution in [0.1, 0.15) is 22.3 Å². The molecule has 0 bridgehead atoms. The Hall–Kier alpha value is -2.18. The van der Waals surface area contributed by atoms with Crippen molar-refractivity contribution in [1.82, 2.24) is 5.32 Å². The van der Waals surface area contributed by atoms with Crippen LogP contribution < -0.4 is 5.32 Å². The van der Waals surface area contributed by atoms with Crippen molar-refractivity contribution in [2.45, 2.75) is 20.0 Å². The first-order chi connectivity index (χ1) is 9.19. The van der Waals surface area contributed by atoms with Gasteiger partial charge in [-0.1, -0.05) is 35.9 Å². The number of nitrogens with zero attached hydrogens (tertiary/aromatic N) is 1. The minimum absolute atomic E-state index is 0.338. The molecule has 0 saturated heterocycles. The van der Waals surface area contributed by atoms with Crippen LogP contribution >= 0.6 is 0 Å². The Labute approximate surface area is 112 Å². The second kappa shape index (κ2) is 6.12. The molecule has 0 heterocycles. The fraction of sp³-hybridized carbons (Fsp3) is 0.188. The maximum absolute atomic E-state index is 13.6. The number of aryl methyl sites for hydroxylation is 1. The van der Waals surface area contributed by atoms with Crippen molar-refractivity contribution in [3.05, 3.63) is 70.5 Å². The lowest BCUT2D eigenvalue weighted by Gasteiger charge is -2.07. The highest BCUT2D eigenvalue weighted by molar-refractivity contribution is 5.32. The normalized spacial score (nSPS) is 10.2. The largest absolute Gasteiger partial charge is 0.309 e. The van der Waals surface area contributed by atoms with Crippen molar-refractivity contribution in [3.8, 4) is 6.07 Å². The number of halogens is 1. The molecule has 0 unspecified atom stereocenters. The molecule has 3 heteroatoms. The molecule has 0 spiro atoms. The molecule has 2 nitrogen and oxygen atoms in total. The molecule has 0 aliphatic rings. The molecule has 0 saturated carbocycles. The van der Waals surface area contributed by atoms with Gasteiger partial charge in [0.05, 0.1) is 11.6 Å². The Balaban J connectivity index is 1.92. The van der Waals surface area contributed by atoms with Crippen LogP contribution in [0.3, 0.4) is 0 Å². The Morgan fingerprint density at radius 1 is 1.11 bits per heavy atom.